The molecule has 0 radical (unpaired) electrons. The van der Waals surface area contributed by atoms with Crippen LogP contribution >= 0.6 is 0 Å². The summed E-state index contributed by atoms with van der Waals surface area (Å²) < 4.78 is 38.6. The molecule has 1 aliphatic rings. The molecular formula is C21H23N3O5S. The minimum Gasteiger partial charge on any atom is -0.459 e. The number of benzene rings is 1. The first kappa shape index (κ1) is 20.4. The molecule has 0 atom stereocenters. The number of nitrogens with zero attached hydrogens (tertiary/aromatic N) is 3. The van der Waals surface area contributed by atoms with Crippen molar-refractivity contribution in [1.29, 1.82) is 0 Å². The number of rotatable bonds is 4. The monoisotopic (exact) mass is 429 g/mol. The van der Waals surface area contributed by atoms with E-state index in [-0.39, 0.29) is 29.7 Å². The van der Waals surface area contributed by atoms with Crippen molar-refractivity contribution in [3.8, 4) is 11.1 Å². The molecule has 0 unspecified atom stereocenters. The highest BCUT2D eigenvalue weighted by Gasteiger charge is 2.32. The lowest BCUT2D eigenvalue weighted by atomic mass is 10.0. The van der Waals surface area contributed by atoms with E-state index in [9.17, 15) is 13.2 Å². The van der Waals surface area contributed by atoms with E-state index in [1.54, 1.807) is 43.0 Å². The second kappa shape index (κ2) is 7.73. The zero-order valence-electron chi connectivity index (χ0n) is 17.1. The molecule has 1 fully saturated rings. The molecule has 4 rings (SSSR count). The number of carbonyl (C=O) groups excluding carboxylic acids is 1. The quantitative estimate of drug-likeness (QED) is 0.632. The van der Waals surface area contributed by atoms with Gasteiger partial charge >= 0.3 is 0 Å². The van der Waals surface area contributed by atoms with Crippen LogP contribution in [0.1, 0.15) is 27.6 Å². The number of aromatic nitrogens is 1. The van der Waals surface area contributed by atoms with Crippen LogP contribution in [0.2, 0.25) is 0 Å². The SMILES string of the molecule is Cc1ccc(-c2c(C)noc2C)cc1S(=O)(=O)N1CCN(C(=O)c2ccco2)CC1. The summed E-state index contributed by atoms with van der Waals surface area (Å²) in [5.74, 6) is 0.674. The molecule has 1 amide bonds. The minimum atomic E-state index is -3.71. The maximum atomic E-state index is 13.4. The van der Waals surface area contributed by atoms with Crippen molar-refractivity contribution in [2.75, 3.05) is 26.2 Å². The van der Waals surface area contributed by atoms with Gasteiger partial charge in [0.1, 0.15) is 5.76 Å². The van der Waals surface area contributed by atoms with Gasteiger partial charge in [0, 0.05) is 31.7 Å². The van der Waals surface area contributed by atoms with E-state index in [1.807, 2.05) is 13.0 Å². The summed E-state index contributed by atoms with van der Waals surface area (Å²) in [7, 11) is -3.71. The third-order valence-corrected chi connectivity index (χ3v) is 7.43. The lowest BCUT2D eigenvalue weighted by Gasteiger charge is -2.33. The Labute approximate surface area is 175 Å². The molecule has 0 saturated carbocycles. The number of sulfonamides is 1. The topological polar surface area (TPSA) is 96.9 Å². The standard InChI is InChI=1S/C21H23N3O5S/c1-14-6-7-17(20-15(2)22-29-16(20)3)13-19(14)30(26,27)24-10-8-23(9-11-24)21(25)18-5-4-12-28-18/h4-7,12-13H,8-11H2,1-3H3. The lowest BCUT2D eigenvalue weighted by molar-refractivity contribution is 0.0666. The number of hydrogen-bond acceptors (Lipinski definition) is 6. The Morgan fingerprint density at radius 1 is 1.07 bits per heavy atom. The highest BCUT2D eigenvalue weighted by Crippen LogP contribution is 2.31. The van der Waals surface area contributed by atoms with Crippen LogP contribution < -0.4 is 0 Å². The molecule has 3 heterocycles. The van der Waals surface area contributed by atoms with Crippen LogP contribution in [0.5, 0.6) is 0 Å². The van der Waals surface area contributed by atoms with Crippen molar-refractivity contribution in [3.63, 3.8) is 0 Å². The van der Waals surface area contributed by atoms with Crippen LogP contribution in [-0.2, 0) is 10.0 Å². The molecule has 0 bridgehead atoms. The Morgan fingerprint density at radius 2 is 1.80 bits per heavy atom. The third-order valence-electron chi connectivity index (χ3n) is 5.39. The molecule has 0 N–H and O–H groups in total. The van der Waals surface area contributed by atoms with Gasteiger partial charge in [-0.15, -0.1) is 0 Å². The van der Waals surface area contributed by atoms with E-state index in [0.29, 0.717) is 30.1 Å². The van der Waals surface area contributed by atoms with Crippen molar-refractivity contribution in [1.82, 2.24) is 14.4 Å². The number of piperazine rings is 1. The maximum absolute atomic E-state index is 13.4. The van der Waals surface area contributed by atoms with Crippen LogP contribution in [0.15, 0.2) is 50.4 Å². The zero-order valence-corrected chi connectivity index (χ0v) is 17.9. The second-order valence-corrected chi connectivity index (χ2v) is 9.26. The van der Waals surface area contributed by atoms with Crippen molar-refractivity contribution >= 4 is 15.9 Å². The van der Waals surface area contributed by atoms with Gasteiger partial charge in [-0.1, -0.05) is 17.3 Å². The van der Waals surface area contributed by atoms with Crippen LogP contribution in [0, 0.1) is 20.8 Å². The molecule has 0 aliphatic carbocycles. The summed E-state index contributed by atoms with van der Waals surface area (Å²) in [6.45, 7) is 6.48. The van der Waals surface area contributed by atoms with Gasteiger partial charge in [-0.25, -0.2) is 8.42 Å². The molecule has 9 heteroatoms. The van der Waals surface area contributed by atoms with Crippen molar-refractivity contribution < 1.29 is 22.2 Å². The molecule has 8 nitrogen and oxygen atoms in total. The summed E-state index contributed by atoms with van der Waals surface area (Å²) in [6.07, 6.45) is 1.45. The summed E-state index contributed by atoms with van der Waals surface area (Å²) in [6, 6.07) is 8.61. The van der Waals surface area contributed by atoms with E-state index in [4.69, 9.17) is 8.94 Å². The predicted molar refractivity (Wildman–Crippen MR) is 110 cm³/mol. The van der Waals surface area contributed by atoms with Gasteiger partial charge in [0.2, 0.25) is 10.0 Å². The Balaban J connectivity index is 1.57. The highest BCUT2D eigenvalue weighted by atomic mass is 32.2. The first-order valence-corrected chi connectivity index (χ1v) is 11.1. The van der Waals surface area contributed by atoms with Crippen molar-refractivity contribution in [2.45, 2.75) is 25.7 Å². The Hall–Kier alpha value is -2.91. The molecule has 1 aliphatic heterocycles. The smallest absolute Gasteiger partial charge is 0.289 e. The van der Waals surface area contributed by atoms with Gasteiger partial charge in [0.25, 0.3) is 5.91 Å². The van der Waals surface area contributed by atoms with E-state index in [1.165, 1.54) is 10.6 Å². The van der Waals surface area contributed by atoms with Crippen molar-refractivity contribution in [2.24, 2.45) is 0 Å². The van der Waals surface area contributed by atoms with E-state index in [2.05, 4.69) is 5.16 Å². The van der Waals surface area contributed by atoms with E-state index < -0.39 is 10.0 Å². The molecule has 2 aromatic heterocycles. The predicted octanol–water partition coefficient (Wildman–Crippen LogP) is 3.01. The van der Waals surface area contributed by atoms with Gasteiger partial charge in [-0.2, -0.15) is 4.31 Å². The Morgan fingerprint density at radius 3 is 2.40 bits per heavy atom. The number of furan rings is 1. The highest BCUT2D eigenvalue weighted by molar-refractivity contribution is 7.89. The number of hydrogen-bond donors (Lipinski definition) is 0. The molecule has 0 spiro atoms. The molecule has 1 saturated heterocycles. The molecule has 3 aromatic rings. The first-order chi connectivity index (χ1) is 14.3. The fourth-order valence-corrected chi connectivity index (χ4v) is 5.43. The van der Waals surface area contributed by atoms with Crippen LogP contribution in [-0.4, -0.2) is 54.9 Å². The van der Waals surface area contributed by atoms with Crippen LogP contribution in [0.3, 0.4) is 0 Å². The largest absolute Gasteiger partial charge is 0.459 e. The average molecular weight is 429 g/mol. The normalized spacial score (nSPS) is 15.5. The number of aryl methyl sites for hydroxylation is 3. The summed E-state index contributed by atoms with van der Waals surface area (Å²) in [5, 5.41) is 3.96. The third kappa shape index (κ3) is 3.54. The maximum Gasteiger partial charge on any atom is 0.289 e. The lowest BCUT2D eigenvalue weighted by Crippen LogP contribution is -2.50. The van der Waals surface area contributed by atoms with Gasteiger partial charge < -0.3 is 13.8 Å². The molecule has 1 aromatic carbocycles. The Kier molecular flexibility index (Phi) is 5.25. The summed E-state index contributed by atoms with van der Waals surface area (Å²) in [5.41, 5.74) is 2.94. The molecule has 158 valence electrons. The van der Waals surface area contributed by atoms with Gasteiger partial charge in [0.05, 0.1) is 16.9 Å². The van der Waals surface area contributed by atoms with Gasteiger partial charge in [-0.3, -0.25) is 4.79 Å². The average Bonchev–Trinajstić information content (AvgIpc) is 3.38. The fourth-order valence-electron chi connectivity index (χ4n) is 3.76. The van der Waals surface area contributed by atoms with Crippen LogP contribution in [0.4, 0.5) is 0 Å². The van der Waals surface area contributed by atoms with E-state index >= 15 is 0 Å². The second-order valence-electron chi connectivity index (χ2n) is 7.35. The fraction of sp³-hybridized carbons (Fsp3) is 0.333. The first-order valence-electron chi connectivity index (χ1n) is 9.66. The zero-order chi connectivity index (χ0) is 21.5. The minimum absolute atomic E-state index is 0.226. The van der Waals surface area contributed by atoms with Crippen molar-refractivity contribution in [3.05, 3.63) is 59.4 Å². The molecular weight excluding hydrogens is 406 g/mol. The number of amides is 1. The van der Waals surface area contributed by atoms with Crippen LogP contribution in [0.25, 0.3) is 11.1 Å². The van der Waals surface area contributed by atoms with Gasteiger partial charge in [0.15, 0.2) is 5.76 Å². The van der Waals surface area contributed by atoms with Gasteiger partial charge in [-0.05, 0) is 50.1 Å². The summed E-state index contributed by atoms with van der Waals surface area (Å²) in [4.78, 5) is 14.3. The molecule has 30 heavy (non-hydrogen) atoms. The number of carbonyl (C=O) groups is 1. The summed E-state index contributed by atoms with van der Waals surface area (Å²) >= 11 is 0. The Bertz CT molecular complexity index is 1150. The van der Waals surface area contributed by atoms with E-state index in [0.717, 1.165) is 11.1 Å².